The predicted molar refractivity (Wildman–Crippen MR) is 52.0 cm³/mol. The summed E-state index contributed by atoms with van der Waals surface area (Å²) in [5.41, 5.74) is 0.348. The highest BCUT2D eigenvalue weighted by atomic mass is 15.2. The quantitative estimate of drug-likeness (QED) is 0.579. The van der Waals surface area contributed by atoms with E-state index in [9.17, 15) is 0 Å². The maximum absolute atomic E-state index is 4.42. The van der Waals surface area contributed by atoms with Gasteiger partial charge in [0.05, 0.1) is 0 Å². The summed E-state index contributed by atoms with van der Waals surface area (Å²) in [5, 5.41) is 0. The molecule has 2 rings (SSSR count). The van der Waals surface area contributed by atoms with Crippen LogP contribution in [0.15, 0.2) is 0 Å². The lowest BCUT2D eigenvalue weighted by Gasteiger charge is -2.40. The number of piperidine rings is 1. The average Bonchev–Trinajstić information content (AvgIpc) is 2.55. The van der Waals surface area contributed by atoms with Gasteiger partial charge in [0, 0.05) is 5.54 Å². The number of likely N-dealkylation sites (tertiary alicyclic amines) is 1. The molecule has 0 unspecified atom stereocenters. The van der Waals surface area contributed by atoms with Gasteiger partial charge in [-0.05, 0) is 45.7 Å². The Kier molecular flexibility index (Phi) is 2.40. The van der Waals surface area contributed by atoms with E-state index in [4.69, 9.17) is 0 Å². The van der Waals surface area contributed by atoms with E-state index < -0.39 is 0 Å². The maximum atomic E-state index is 4.42. The van der Waals surface area contributed by atoms with Crippen molar-refractivity contribution >= 4 is 0 Å². The van der Waals surface area contributed by atoms with E-state index in [-0.39, 0.29) is 0 Å². The second-order valence-electron chi connectivity index (χ2n) is 4.48. The highest BCUT2D eigenvalue weighted by Crippen LogP contribution is 2.35. The van der Waals surface area contributed by atoms with Crippen LogP contribution >= 0.6 is 0 Å². The van der Waals surface area contributed by atoms with Crippen molar-refractivity contribution in [3.8, 4) is 0 Å². The van der Waals surface area contributed by atoms with Crippen molar-refractivity contribution in [2.75, 3.05) is 13.1 Å². The zero-order valence-electron chi connectivity index (χ0n) is 8.02. The van der Waals surface area contributed by atoms with Crippen LogP contribution in [0.3, 0.4) is 0 Å². The zero-order chi connectivity index (χ0) is 8.44. The summed E-state index contributed by atoms with van der Waals surface area (Å²) in [6, 6.07) is 0. The van der Waals surface area contributed by atoms with Gasteiger partial charge in [-0.1, -0.05) is 19.3 Å². The molecule has 69 valence electrons. The van der Waals surface area contributed by atoms with E-state index in [1.54, 1.807) is 0 Å². The standard InChI is InChI=1S/C11H20N/c1-11(7-3-4-8-11)12-9-5-2-6-10-12/h1-10H2. The van der Waals surface area contributed by atoms with Crippen molar-refractivity contribution in [3.63, 3.8) is 0 Å². The summed E-state index contributed by atoms with van der Waals surface area (Å²) < 4.78 is 0. The molecular weight excluding hydrogens is 146 g/mol. The van der Waals surface area contributed by atoms with Crippen molar-refractivity contribution in [2.45, 2.75) is 50.5 Å². The normalized spacial score (nSPS) is 30.8. The Hall–Kier alpha value is -0.0400. The molecule has 2 fully saturated rings. The first-order valence-corrected chi connectivity index (χ1v) is 5.42. The van der Waals surface area contributed by atoms with E-state index in [0.29, 0.717) is 5.54 Å². The predicted octanol–water partition coefficient (Wildman–Crippen LogP) is 2.62. The Balaban J connectivity index is 1.96. The largest absolute Gasteiger partial charge is 0.298 e. The highest BCUT2D eigenvalue weighted by Gasteiger charge is 2.35. The molecule has 1 heteroatoms. The molecule has 0 spiro atoms. The molecule has 12 heavy (non-hydrogen) atoms. The molecule has 1 aliphatic carbocycles. The van der Waals surface area contributed by atoms with Gasteiger partial charge < -0.3 is 0 Å². The molecule has 1 heterocycles. The van der Waals surface area contributed by atoms with Crippen LogP contribution in [-0.2, 0) is 0 Å². The minimum absolute atomic E-state index is 0.348. The zero-order valence-corrected chi connectivity index (χ0v) is 8.02. The third-order valence-corrected chi connectivity index (χ3v) is 3.56. The molecule has 0 amide bonds. The summed E-state index contributed by atoms with van der Waals surface area (Å²) in [5.74, 6) is 0. The molecule has 1 saturated heterocycles. The lowest BCUT2D eigenvalue weighted by Crippen LogP contribution is -2.47. The molecule has 0 aromatic rings. The molecule has 1 radical (unpaired) electrons. The summed E-state index contributed by atoms with van der Waals surface area (Å²) in [4.78, 5) is 2.64. The molecule has 1 saturated carbocycles. The fourth-order valence-corrected chi connectivity index (χ4v) is 2.72. The summed E-state index contributed by atoms with van der Waals surface area (Å²) in [6.45, 7) is 7.04. The van der Waals surface area contributed by atoms with Crippen molar-refractivity contribution < 1.29 is 0 Å². The van der Waals surface area contributed by atoms with Gasteiger partial charge >= 0.3 is 0 Å². The highest BCUT2D eigenvalue weighted by molar-refractivity contribution is 4.97. The van der Waals surface area contributed by atoms with Crippen LogP contribution in [0.25, 0.3) is 0 Å². The van der Waals surface area contributed by atoms with Gasteiger partial charge in [0.15, 0.2) is 0 Å². The summed E-state index contributed by atoms with van der Waals surface area (Å²) in [6.07, 6.45) is 9.72. The van der Waals surface area contributed by atoms with Crippen LogP contribution in [-0.4, -0.2) is 23.5 Å². The fourth-order valence-electron chi connectivity index (χ4n) is 2.72. The van der Waals surface area contributed by atoms with Crippen LogP contribution in [0.4, 0.5) is 0 Å². The molecule has 0 N–H and O–H groups in total. The molecule has 1 nitrogen and oxygen atoms in total. The lowest BCUT2D eigenvalue weighted by molar-refractivity contribution is 0.107. The van der Waals surface area contributed by atoms with Crippen molar-refractivity contribution in [1.82, 2.24) is 4.90 Å². The minimum atomic E-state index is 0.348. The third kappa shape index (κ3) is 1.52. The smallest absolute Gasteiger partial charge is 0.0210 e. The SMILES string of the molecule is [CH2]C1(N2CCCCC2)CCCC1. The Morgan fingerprint density at radius 3 is 2.00 bits per heavy atom. The van der Waals surface area contributed by atoms with E-state index in [1.165, 1.54) is 58.0 Å². The van der Waals surface area contributed by atoms with Crippen molar-refractivity contribution in [1.29, 1.82) is 0 Å². The Morgan fingerprint density at radius 1 is 0.833 bits per heavy atom. The number of hydrogen-bond acceptors (Lipinski definition) is 1. The lowest BCUT2D eigenvalue weighted by atomic mass is 9.95. The molecule has 0 bridgehead atoms. The fraction of sp³-hybridized carbons (Fsp3) is 0.909. The number of rotatable bonds is 1. The van der Waals surface area contributed by atoms with Gasteiger partial charge in [0.25, 0.3) is 0 Å². The molecule has 0 aromatic carbocycles. The molecule has 1 aliphatic heterocycles. The van der Waals surface area contributed by atoms with Crippen molar-refractivity contribution in [3.05, 3.63) is 6.92 Å². The van der Waals surface area contributed by atoms with Crippen LogP contribution in [0.2, 0.25) is 0 Å². The van der Waals surface area contributed by atoms with Crippen LogP contribution in [0.5, 0.6) is 0 Å². The third-order valence-electron chi connectivity index (χ3n) is 3.56. The Bertz CT molecular complexity index is 141. The molecule has 2 aliphatic rings. The van der Waals surface area contributed by atoms with Gasteiger partial charge in [0.1, 0.15) is 0 Å². The van der Waals surface area contributed by atoms with Crippen LogP contribution in [0, 0.1) is 6.92 Å². The minimum Gasteiger partial charge on any atom is -0.298 e. The second-order valence-corrected chi connectivity index (χ2v) is 4.48. The van der Waals surface area contributed by atoms with Crippen LogP contribution in [0.1, 0.15) is 44.9 Å². The van der Waals surface area contributed by atoms with E-state index >= 15 is 0 Å². The van der Waals surface area contributed by atoms with E-state index in [0.717, 1.165) is 0 Å². The molecular formula is C11H20N. The monoisotopic (exact) mass is 166 g/mol. The Morgan fingerprint density at radius 2 is 1.42 bits per heavy atom. The Labute approximate surface area is 76.1 Å². The second kappa shape index (κ2) is 3.37. The van der Waals surface area contributed by atoms with E-state index in [1.807, 2.05) is 0 Å². The van der Waals surface area contributed by atoms with E-state index in [2.05, 4.69) is 11.8 Å². The number of hydrogen-bond donors (Lipinski definition) is 0. The number of nitrogens with zero attached hydrogens (tertiary/aromatic N) is 1. The first-order valence-electron chi connectivity index (χ1n) is 5.42. The average molecular weight is 166 g/mol. The van der Waals surface area contributed by atoms with Crippen LogP contribution < -0.4 is 0 Å². The molecule has 0 aromatic heterocycles. The van der Waals surface area contributed by atoms with Gasteiger partial charge in [-0.15, -0.1) is 0 Å². The van der Waals surface area contributed by atoms with Gasteiger partial charge in [-0.3, -0.25) is 4.90 Å². The summed E-state index contributed by atoms with van der Waals surface area (Å²) >= 11 is 0. The molecule has 0 atom stereocenters. The van der Waals surface area contributed by atoms with Gasteiger partial charge in [-0.25, -0.2) is 0 Å². The van der Waals surface area contributed by atoms with Crippen molar-refractivity contribution in [2.24, 2.45) is 0 Å². The topological polar surface area (TPSA) is 3.24 Å². The maximum Gasteiger partial charge on any atom is 0.0210 e. The summed E-state index contributed by atoms with van der Waals surface area (Å²) in [7, 11) is 0. The van der Waals surface area contributed by atoms with Gasteiger partial charge in [-0.2, -0.15) is 0 Å². The van der Waals surface area contributed by atoms with Gasteiger partial charge in [0.2, 0.25) is 0 Å². The first kappa shape index (κ1) is 8.55. The first-order chi connectivity index (χ1) is 5.81.